The molecule has 27 heteroatoms. The Morgan fingerprint density at radius 2 is 0.910 bits per heavy atom. The van der Waals surface area contributed by atoms with Crippen molar-refractivity contribution in [3.63, 3.8) is 0 Å². The monoisotopic (exact) mass is 1320 g/mol. The summed E-state index contributed by atoms with van der Waals surface area (Å²) < 4.78 is 91.4. The Bertz CT molecular complexity index is 3170. The van der Waals surface area contributed by atoms with Crippen molar-refractivity contribution in [1.82, 2.24) is 9.97 Å². The van der Waals surface area contributed by atoms with Crippen molar-refractivity contribution in [3.05, 3.63) is 106 Å². The summed E-state index contributed by atoms with van der Waals surface area (Å²) in [7, 11) is -4.71. The molecule has 4 aromatic rings. The van der Waals surface area contributed by atoms with E-state index in [1.807, 2.05) is 45.9 Å². The maximum Gasteiger partial charge on any atom is 0.303 e. The Labute approximate surface area is 527 Å². The molecule has 0 saturated heterocycles. The van der Waals surface area contributed by atoms with Gasteiger partial charge in [0.2, 0.25) is 23.8 Å². The van der Waals surface area contributed by atoms with Crippen molar-refractivity contribution in [1.29, 1.82) is 0 Å². The second kappa shape index (κ2) is 41.1. The lowest BCUT2D eigenvalue weighted by Crippen LogP contribution is -2.53. The number of aryl methyl sites for hydroxylation is 1. The van der Waals surface area contributed by atoms with Crippen LogP contribution in [0.4, 0.5) is 0 Å². The first-order chi connectivity index (χ1) is 41.0. The van der Waals surface area contributed by atoms with E-state index >= 15 is 0 Å². The number of esters is 5. The first-order valence-electron chi connectivity index (χ1n) is 27.3. The topological polar surface area (TPSA) is 317 Å². The molecule has 89 heavy (non-hydrogen) atoms. The van der Waals surface area contributed by atoms with E-state index in [0.717, 1.165) is 62.8 Å². The number of aliphatic hydroxyl groups is 1. The lowest BCUT2D eigenvalue weighted by Gasteiger charge is -2.35. The van der Waals surface area contributed by atoms with Crippen LogP contribution >= 0.6 is 25.4 Å². The fraction of sp³-hybridized carbons (Fsp3) is 0.468. The molecule has 0 bridgehead atoms. The van der Waals surface area contributed by atoms with Gasteiger partial charge < -0.3 is 47.3 Å². The predicted molar refractivity (Wildman–Crippen MR) is 336 cm³/mol. The molecule has 1 N–H and O–H groups in total. The third kappa shape index (κ3) is 36.1. The summed E-state index contributed by atoms with van der Waals surface area (Å²) >= 11 is 0. The molecule has 4 rings (SSSR count). The summed E-state index contributed by atoms with van der Waals surface area (Å²) in [5, 5.41) is 9.41. The minimum absolute atomic E-state index is 0. The smallest absolute Gasteiger partial charge is 0.303 e. The molecule has 490 valence electrons. The van der Waals surface area contributed by atoms with Gasteiger partial charge in [0, 0.05) is 86.6 Å². The molecule has 0 aliphatic rings. The van der Waals surface area contributed by atoms with Gasteiger partial charge in [-0.25, -0.2) is 18.4 Å². The lowest BCUT2D eigenvalue weighted by atomic mass is 9.95. The van der Waals surface area contributed by atoms with E-state index in [2.05, 4.69) is 44.3 Å². The number of Topliss-reactive ketones (excluding diaryl/α,β-unsaturated/α-hetero) is 2. The quantitative estimate of drug-likeness (QED) is 0.0214. The molecular formula is C62H83ClN2O21P2S. The zero-order chi connectivity index (χ0) is 67.0. The van der Waals surface area contributed by atoms with Crippen molar-refractivity contribution in [2.45, 2.75) is 134 Å². The van der Waals surface area contributed by atoms with Crippen molar-refractivity contribution >= 4 is 86.8 Å². The minimum atomic E-state index is -3.19. The number of ether oxygens (including phenoxy) is 7. The molecule has 2 unspecified atom stereocenters. The maximum absolute atomic E-state index is 12.7. The number of rotatable bonds is 25. The number of pyridine rings is 2. The van der Waals surface area contributed by atoms with Gasteiger partial charge in [0.1, 0.15) is 48.3 Å². The largest absolute Gasteiger partial charge is 0.486 e. The van der Waals surface area contributed by atoms with Crippen molar-refractivity contribution in [2.24, 2.45) is 5.92 Å². The van der Waals surface area contributed by atoms with E-state index in [-0.39, 0.29) is 56.6 Å². The highest BCUT2D eigenvalue weighted by molar-refractivity contribution is 8.13. The average Bonchev–Trinajstić information content (AvgIpc) is 1.08. The van der Waals surface area contributed by atoms with Crippen LogP contribution in [0.3, 0.4) is 0 Å². The van der Waals surface area contributed by atoms with E-state index in [1.54, 1.807) is 68.2 Å². The fourth-order valence-electron chi connectivity index (χ4n) is 7.15. The van der Waals surface area contributed by atoms with Gasteiger partial charge >= 0.3 is 29.8 Å². The van der Waals surface area contributed by atoms with Crippen molar-refractivity contribution < 1.29 is 98.4 Å². The number of nitrogens with zero attached hydrogens (tertiary/aromatic N) is 2. The number of benzene rings is 2. The van der Waals surface area contributed by atoms with Gasteiger partial charge in [-0.3, -0.25) is 42.7 Å². The highest BCUT2D eigenvalue weighted by Gasteiger charge is 2.44. The number of aromatic nitrogens is 2. The second-order valence-electron chi connectivity index (χ2n) is 19.5. The number of hydrogen-bond donors (Lipinski definition) is 1. The zero-order valence-electron chi connectivity index (χ0n) is 52.2. The van der Waals surface area contributed by atoms with Gasteiger partial charge in [-0.05, 0) is 119 Å². The highest BCUT2D eigenvalue weighted by atomic mass is 35.7. The van der Waals surface area contributed by atoms with E-state index in [0.29, 0.717) is 41.4 Å². The summed E-state index contributed by atoms with van der Waals surface area (Å²) in [5.74, 6) is 9.78. The Morgan fingerprint density at radius 1 is 0.562 bits per heavy atom. The molecule has 0 radical (unpaired) electrons. The number of carbonyl (C=O) groups excluding carboxylic acids is 7. The van der Waals surface area contributed by atoms with E-state index in [4.69, 9.17) is 42.2 Å². The van der Waals surface area contributed by atoms with Crippen molar-refractivity contribution in [3.8, 4) is 35.2 Å². The van der Waals surface area contributed by atoms with Gasteiger partial charge in [0.25, 0.3) is 0 Å². The third-order valence-corrected chi connectivity index (χ3v) is 14.2. The van der Waals surface area contributed by atoms with Crippen molar-refractivity contribution in [2.75, 3.05) is 52.6 Å². The van der Waals surface area contributed by atoms with Crippen LogP contribution in [0.15, 0.2) is 72.8 Å². The first-order valence-corrected chi connectivity index (χ1v) is 34.2. The number of halogens is 1. The molecule has 23 nitrogen and oxygen atoms in total. The molecule has 2 aromatic carbocycles. The molecule has 0 saturated carbocycles. The Balaban J connectivity index is 0.00000125. The van der Waals surface area contributed by atoms with Gasteiger partial charge in [0.15, 0.2) is 29.9 Å². The molecule has 6 atom stereocenters. The molecule has 0 fully saturated rings. The molecule has 2 aromatic heterocycles. The van der Waals surface area contributed by atoms with Gasteiger partial charge in [-0.15, -0.1) is 0 Å². The Kier molecular flexibility index (Phi) is 37.8. The molecule has 0 spiro atoms. The molecule has 0 amide bonds. The van der Waals surface area contributed by atoms with Gasteiger partial charge in [-0.1, -0.05) is 51.9 Å². The summed E-state index contributed by atoms with van der Waals surface area (Å²) in [4.78, 5) is 88.4. The van der Waals surface area contributed by atoms with Crippen LogP contribution < -0.4 is 20.3 Å². The summed E-state index contributed by atoms with van der Waals surface area (Å²) in [5.41, 5.74) is 4.83. The number of hydrogen-bond acceptors (Lipinski definition) is 23. The number of aliphatic hydroxyl groups excluding tert-OH is 1. The van der Waals surface area contributed by atoms with Crippen LogP contribution in [-0.4, -0.2) is 142 Å². The normalized spacial score (nSPS) is 13.1. The van der Waals surface area contributed by atoms with E-state index in [1.165, 1.54) is 27.4 Å². The summed E-state index contributed by atoms with van der Waals surface area (Å²) in [6.07, 6.45) is -3.09. The SMILES string of the molecule is C.CC(=O)OC[C@H](OC(C)=O)[C@H](OC(C)=O)[C@@H](OC(C)=O)[C@@H](CC(C)C)OC(C)=O.CCOP(C)(=O)c1cc(C#Cc2ccc(OCC(C)=O)cc2)cc(CC)n1.CCOP(C)(=O)c1cc(C#Cc2ccc(OCC(C)=O)cc2)cc(CO)n1.CS(=O)(=O)Cl. The van der Waals surface area contributed by atoms with E-state index < -0.39 is 84.7 Å². The van der Waals surface area contributed by atoms with E-state index in [9.17, 15) is 56.2 Å². The first kappa shape index (κ1) is 81.7. The fourth-order valence-corrected chi connectivity index (χ4v) is 9.76. The summed E-state index contributed by atoms with van der Waals surface area (Å²) in [6.45, 7) is 21.0. The highest BCUT2D eigenvalue weighted by Crippen LogP contribution is 2.41. The molecule has 2 heterocycles. The third-order valence-electron chi connectivity index (χ3n) is 10.6. The van der Waals surface area contributed by atoms with Gasteiger partial charge in [-0.2, -0.15) is 0 Å². The summed E-state index contributed by atoms with van der Waals surface area (Å²) in [6, 6.07) is 21.1. The molecule has 0 aliphatic carbocycles. The van der Waals surface area contributed by atoms with Crippen LogP contribution in [0.2, 0.25) is 0 Å². The van der Waals surface area contributed by atoms with Crippen LogP contribution in [0.5, 0.6) is 11.5 Å². The second-order valence-corrected chi connectivity index (χ2v) is 27.4. The van der Waals surface area contributed by atoms with Crippen LogP contribution in [0.25, 0.3) is 0 Å². The Morgan fingerprint density at radius 3 is 1.24 bits per heavy atom. The number of ketones is 2. The van der Waals surface area contributed by atoms with Crippen LogP contribution in [0.1, 0.15) is 131 Å². The van der Waals surface area contributed by atoms with Crippen LogP contribution in [-0.2, 0) is 97.5 Å². The minimum Gasteiger partial charge on any atom is -0.486 e. The Hall–Kier alpha value is -7.27. The zero-order valence-corrected chi connectivity index (χ0v) is 55.5. The standard InChI is InChI=1S/C21H24NO4P.C20H22NO5P.C19H30O10.CH3ClO2S.CH4/c1-5-19-13-18(14-21(22-19)27(4,24)26-6-2)8-7-17-9-11-20(12-10-17)25-15-16(3)23;1-4-26-27(3,24)20-12-17(11-18(13-22)21-20)6-5-16-7-9-19(10-8-16)25-14-15(2)23;1-10(2)8-16(26-12(4)21)18(28-14(6)23)19(29-15(7)24)17(27-13(5)22)9-25-11(3)20;1-5(2,3)4;/h9-14H,5-6,15H2,1-4H3;7-12,22H,4,13-14H2,1-3H3;10,16-19H,8-9H2,1-7H3;1H3;1H4/t;;16-,17+,18+,19+;;/m..1../s1. The van der Waals surface area contributed by atoms with Crippen LogP contribution in [0, 0.1) is 29.6 Å². The molecular weight excluding hydrogens is 1240 g/mol. The lowest BCUT2D eigenvalue weighted by molar-refractivity contribution is -0.203. The maximum atomic E-state index is 12.7. The van der Waals surface area contributed by atoms with Gasteiger partial charge in [0.05, 0.1) is 31.8 Å². The molecule has 0 aliphatic heterocycles. The predicted octanol–water partition coefficient (Wildman–Crippen LogP) is 8.24. The number of carbonyl (C=O) groups is 7. The average molecular weight is 1320 g/mol.